The number of hydrogen-bond donors (Lipinski definition) is 2. The molecular formula is C14H13FN2O2S. The maximum absolute atomic E-state index is 13.5. The number of carboxylic acids is 1. The summed E-state index contributed by atoms with van der Waals surface area (Å²) in [4.78, 5) is 14.6. The van der Waals surface area contributed by atoms with E-state index in [2.05, 4.69) is 0 Å². The number of hydrogen-bond acceptors (Lipinski definition) is 4. The SMILES string of the molecule is Nc1c(F)ccc(N2CCc3sccc3C2)c1C(=O)O. The Bertz CT molecular complexity index is 684. The molecule has 0 amide bonds. The minimum Gasteiger partial charge on any atom is -0.478 e. The maximum Gasteiger partial charge on any atom is 0.340 e. The monoisotopic (exact) mass is 292 g/mol. The highest BCUT2D eigenvalue weighted by atomic mass is 32.1. The van der Waals surface area contributed by atoms with E-state index in [1.54, 1.807) is 11.3 Å². The van der Waals surface area contributed by atoms with Crippen molar-refractivity contribution < 1.29 is 14.3 Å². The van der Waals surface area contributed by atoms with Crippen molar-refractivity contribution in [2.45, 2.75) is 13.0 Å². The lowest BCUT2D eigenvalue weighted by atomic mass is 10.0. The molecule has 3 rings (SSSR count). The largest absolute Gasteiger partial charge is 0.478 e. The second kappa shape index (κ2) is 4.79. The number of nitrogens with zero attached hydrogens (tertiary/aromatic N) is 1. The van der Waals surface area contributed by atoms with Crippen LogP contribution in [0.15, 0.2) is 23.6 Å². The van der Waals surface area contributed by atoms with Crippen LogP contribution in [0.5, 0.6) is 0 Å². The fourth-order valence-electron chi connectivity index (χ4n) is 2.52. The van der Waals surface area contributed by atoms with Crippen LogP contribution in [-0.4, -0.2) is 17.6 Å². The van der Waals surface area contributed by atoms with E-state index in [1.165, 1.54) is 22.6 Å². The summed E-state index contributed by atoms with van der Waals surface area (Å²) in [6.07, 6.45) is 0.864. The van der Waals surface area contributed by atoms with Crippen molar-refractivity contribution in [3.05, 3.63) is 45.4 Å². The highest BCUT2D eigenvalue weighted by Crippen LogP contribution is 2.33. The van der Waals surface area contributed by atoms with Crippen molar-refractivity contribution in [1.29, 1.82) is 0 Å². The van der Waals surface area contributed by atoms with Gasteiger partial charge >= 0.3 is 5.97 Å². The van der Waals surface area contributed by atoms with Crippen molar-refractivity contribution in [1.82, 2.24) is 0 Å². The van der Waals surface area contributed by atoms with Crippen LogP contribution in [0.4, 0.5) is 15.8 Å². The molecule has 2 aromatic rings. The van der Waals surface area contributed by atoms with E-state index in [0.717, 1.165) is 6.42 Å². The standard InChI is InChI=1S/C14H13FN2O2S/c15-9-1-2-10(12(13(9)16)14(18)19)17-5-3-11-8(7-17)4-6-20-11/h1-2,4,6H,3,5,7,16H2,(H,18,19). The number of carbonyl (C=O) groups is 1. The van der Waals surface area contributed by atoms with Crippen LogP contribution in [0.2, 0.25) is 0 Å². The molecule has 0 unspecified atom stereocenters. The smallest absolute Gasteiger partial charge is 0.340 e. The lowest BCUT2D eigenvalue weighted by Crippen LogP contribution is -2.31. The van der Waals surface area contributed by atoms with Crippen molar-refractivity contribution in [3.8, 4) is 0 Å². The van der Waals surface area contributed by atoms with Gasteiger partial charge in [0.25, 0.3) is 0 Å². The Labute approximate surface area is 119 Å². The first-order chi connectivity index (χ1) is 9.58. The van der Waals surface area contributed by atoms with E-state index in [0.29, 0.717) is 18.8 Å². The maximum atomic E-state index is 13.5. The summed E-state index contributed by atoms with van der Waals surface area (Å²) in [5.74, 6) is -1.90. The first-order valence-corrected chi connectivity index (χ1v) is 7.07. The lowest BCUT2D eigenvalue weighted by molar-refractivity contribution is 0.0698. The highest BCUT2D eigenvalue weighted by Gasteiger charge is 2.24. The van der Waals surface area contributed by atoms with Crippen LogP contribution < -0.4 is 10.6 Å². The number of carboxylic acid groups (broad SMARTS) is 1. The molecule has 2 heterocycles. The summed E-state index contributed by atoms with van der Waals surface area (Å²) >= 11 is 1.71. The topological polar surface area (TPSA) is 66.6 Å². The second-order valence-electron chi connectivity index (χ2n) is 4.70. The van der Waals surface area contributed by atoms with Gasteiger partial charge in [-0.15, -0.1) is 11.3 Å². The predicted molar refractivity (Wildman–Crippen MR) is 76.8 cm³/mol. The fraction of sp³-hybridized carbons (Fsp3) is 0.214. The molecule has 0 spiro atoms. The number of aromatic carboxylic acids is 1. The van der Waals surface area contributed by atoms with Crippen LogP contribution >= 0.6 is 11.3 Å². The van der Waals surface area contributed by atoms with E-state index < -0.39 is 11.8 Å². The minimum absolute atomic E-state index is 0.149. The zero-order valence-electron chi connectivity index (χ0n) is 10.6. The molecular weight excluding hydrogens is 279 g/mol. The fourth-order valence-corrected chi connectivity index (χ4v) is 3.41. The lowest BCUT2D eigenvalue weighted by Gasteiger charge is -2.30. The highest BCUT2D eigenvalue weighted by molar-refractivity contribution is 7.10. The number of benzene rings is 1. The Morgan fingerprint density at radius 1 is 1.40 bits per heavy atom. The molecule has 104 valence electrons. The van der Waals surface area contributed by atoms with E-state index in [4.69, 9.17) is 5.73 Å². The number of halogens is 1. The molecule has 6 heteroatoms. The minimum atomic E-state index is -1.20. The third-order valence-electron chi connectivity index (χ3n) is 3.53. The Kier molecular flexibility index (Phi) is 3.10. The number of fused-ring (bicyclic) bond motifs is 1. The van der Waals surface area contributed by atoms with Crippen molar-refractivity contribution in [2.75, 3.05) is 17.2 Å². The van der Waals surface area contributed by atoms with E-state index >= 15 is 0 Å². The van der Waals surface area contributed by atoms with Gasteiger partial charge in [-0.1, -0.05) is 0 Å². The Balaban J connectivity index is 2.03. The molecule has 0 bridgehead atoms. The molecule has 0 aliphatic carbocycles. The number of anilines is 2. The van der Waals surface area contributed by atoms with Crippen LogP contribution in [0.1, 0.15) is 20.8 Å². The average Bonchev–Trinajstić information content (AvgIpc) is 2.88. The number of thiophene rings is 1. The van der Waals surface area contributed by atoms with Gasteiger partial charge in [-0.3, -0.25) is 0 Å². The van der Waals surface area contributed by atoms with Gasteiger partial charge < -0.3 is 15.7 Å². The second-order valence-corrected chi connectivity index (χ2v) is 5.70. The third kappa shape index (κ3) is 2.02. The van der Waals surface area contributed by atoms with Crippen molar-refractivity contribution in [3.63, 3.8) is 0 Å². The van der Waals surface area contributed by atoms with E-state index in [9.17, 15) is 14.3 Å². The Hall–Kier alpha value is -2.08. The van der Waals surface area contributed by atoms with Crippen LogP contribution in [0.25, 0.3) is 0 Å². The molecule has 1 aromatic heterocycles. The van der Waals surface area contributed by atoms with Crippen LogP contribution in [-0.2, 0) is 13.0 Å². The van der Waals surface area contributed by atoms with Crippen LogP contribution in [0, 0.1) is 5.82 Å². The van der Waals surface area contributed by atoms with E-state index in [1.807, 2.05) is 16.3 Å². The normalized spacial score (nSPS) is 14.2. The molecule has 20 heavy (non-hydrogen) atoms. The van der Waals surface area contributed by atoms with Gasteiger partial charge in [-0.05, 0) is 35.6 Å². The molecule has 1 aliphatic rings. The molecule has 3 N–H and O–H groups in total. The Morgan fingerprint density at radius 3 is 2.95 bits per heavy atom. The summed E-state index contributed by atoms with van der Waals surface area (Å²) in [6.45, 7) is 1.34. The number of rotatable bonds is 2. The average molecular weight is 292 g/mol. The molecule has 0 fully saturated rings. The van der Waals surface area contributed by atoms with Gasteiger partial charge in [-0.2, -0.15) is 0 Å². The van der Waals surface area contributed by atoms with Gasteiger partial charge in [0.2, 0.25) is 0 Å². The van der Waals surface area contributed by atoms with Gasteiger partial charge in [0.1, 0.15) is 11.4 Å². The molecule has 1 aromatic carbocycles. The zero-order valence-corrected chi connectivity index (χ0v) is 11.4. The molecule has 0 radical (unpaired) electrons. The molecule has 0 saturated carbocycles. The summed E-state index contributed by atoms with van der Waals surface area (Å²) in [6, 6.07) is 4.76. The summed E-state index contributed by atoms with van der Waals surface area (Å²) in [7, 11) is 0. The predicted octanol–water partition coefficient (Wildman–Crippen LogP) is 2.73. The summed E-state index contributed by atoms with van der Waals surface area (Å²) < 4.78 is 13.5. The third-order valence-corrected chi connectivity index (χ3v) is 4.56. The number of nitrogen functional groups attached to an aromatic ring is 1. The summed E-state index contributed by atoms with van der Waals surface area (Å²) in [5, 5.41) is 11.3. The van der Waals surface area contributed by atoms with E-state index in [-0.39, 0.29) is 11.3 Å². The van der Waals surface area contributed by atoms with Crippen LogP contribution in [0.3, 0.4) is 0 Å². The zero-order chi connectivity index (χ0) is 14.3. The van der Waals surface area contributed by atoms with Gasteiger partial charge in [0.05, 0.1) is 11.4 Å². The van der Waals surface area contributed by atoms with Crippen molar-refractivity contribution in [2.24, 2.45) is 0 Å². The molecule has 4 nitrogen and oxygen atoms in total. The molecule has 0 saturated heterocycles. The summed E-state index contributed by atoms with van der Waals surface area (Å²) in [5.41, 5.74) is 6.81. The first kappa shape index (κ1) is 12.9. The van der Waals surface area contributed by atoms with Crippen molar-refractivity contribution >= 4 is 28.7 Å². The van der Waals surface area contributed by atoms with Gasteiger partial charge in [0.15, 0.2) is 0 Å². The first-order valence-electron chi connectivity index (χ1n) is 6.19. The van der Waals surface area contributed by atoms with Gasteiger partial charge in [-0.25, -0.2) is 9.18 Å². The molecule has 0 atom stereocenters. The quantitative estimate of drug-likeness (QED) is 0.835. The number of nitrogens with two attached hydrogens (primary N) is 1. The van der Waals surface area contributed by atoms with Gasteiger partial charge in [0, 0.05) is 18.0 Å². The Morgan fingerprint density at radius 2 is 2.20 bits per heavy atom. The molecule has 1 aliphatic heterocycles.